The monoisotopic (exact) mass is 434 g/mol. The van der Waals surface area contributed by atoms with Crippen LogP contribution in [-0.2, 0) is 11.3 Å². The molecule has 9 heteroatoms. The van der Waals surface area contributed by atoms with Crippen molar-refractivity contribution in [2.24, 2.45) is 0 Å². The number of hydrogen-bond acceptors (Lipinski definition) is 6. The minimum Gasteiger partial charge on any atom is -0.320 e. The summed E-state index contributed by atoms with van der Waals surface area (Å²) in [6.45, 7) is 2.01. The van der Waals surface area contributed by atoms with Crippen molar-refractivity contribution in [1.29, 1.82) is 0 Å². The Morgan fingerprint density at radius 3 is 2.61 bits per heavy atom. The summed E-state index contributed by atoms with van der Waals surface area (Å²) >= 11 is 1.46. The summed E-state index contributed by atoms with van der Waals surface area (Å²) < 4.78 is 1.40. The number of benzene rings is 2. The van der Waals surface area contributed by atoms with E-state index in [1.54, 1.807) is 6.07 Å². The van der Waals surface area contributed by atoms with Crippen molar-refractivity contribution in [2.45, 2.75) is 19.9 Å². The van der Waals surface area contributed by atoms with Gasteiger partial charge in [0.25, 0.3) is 11.2 Å². The van der Waals surface area contributed by atoms with Crippen LogP contribution in [-0.4, -0.2) is 20.4 Å². The fourth-order valence-corrected chi connectivity index (χ4v) is 4.50. The molecule has 31 heavy (non-hydrogen) atoms. The Balaban J connectivity index is 1.55. The maximum Gasteiger partial charge on any atom is 0.292 e. The Labute approximate surface area is 181 Å². The number of fused-ring (bicyclic) bond motifs is 1. The van der Waals surface area contributed by atoms with E-state index in [9.17, 15) is 19.7 Å². The van der Waals surface area contributed by atoms with Gasteiger partial charge in [-0.3, -0.25) is 24.3 Å². The molecule has 0 spiro atoms. The molecule has 0 atom stereocenters. The van der Waals surface area contributed by atoms with Gasteiger partial charge in [0.1, 0.15) is 10.5 Å². The number of carbonyl (C=O) groups excluding carboxylic acids is 1. The number of nitro benzene ring substituents is 1. The number of nitrogens with zero attached hydrogens (tertiary/aromatic N) is 3. The Bertz CT molecular complexity index is 1340. The van der Waals surface area contributed by atoms with Gasteiger partial charge in [-0.05, 0) is 24.1 Å². The molecule has 1 N–H and O–H groups in total. The SMILES string of the molecule is Cc1c(-c2ccccc2)sc2ncn(CCC(=O)Nc3ccccc3[N+](=O)[O-])c(=O)c12. The smallest absolute Gasteiger partial charge is 0.292 e. The van der Waals surface area contributed by atoms with Crippen LogP contribution in [0.15, 0.2) is 65.7 Å². The topological polar surface area (TPSA) is 107 Å². The molecular formula is C22H18N4O4S. The first-order valence-electron chi connectivity index (χ1n) is 9.53. The number of nitrogens with one attached hydrogen (secondary N) is 1. The molecule has 156 valence electrons. The molecule has 0 aliphatic rings. The molecule has 2 aromatic carbocycles. The summed E-state index contributed by atoms with van der Waals surface area (Å²) in [5.41, 5.74) is 1.62. The molecule has 0 fully saturated rings. The lowest BCUT2D eigenvalue weighted by atomic mass is 10.1. The molecule has 0 saturated carbocycles. The Morgan fingerprint density at radius 1 is 1.16 bits per heavy atom. The number of hydrogen-bond donors (Lipinski definition) is 1. The molecule has 8 nitrogen and oxygen atoms in total. The van der Waals surface area contributed by atoms with E-state index in [4.69, 9.17) is 0 Å². The van der Waals surface area contributed by atoms with Crippen LogP contribution < -0.4 is 10.9 Å². The normalized spacial score (nSPS) is 10.9. The first kappa shape index (κ1) is 20.4. The fourth-order valence-electron chi connectivity index (χ4n) is 3.36. The number of thiophene rings is 1. The van der Waals surface area contributed by atoms with Gasteiger partial charge in [-0.25, -0.2) is 4.98 Å². The van der Waals surface area contributed by atoms with Crippen molar-refractivity contribution in [2.75, 3.05) is 5.32 Å². The van der Waals surface area contributed by atoms with Crippen LogP contribution in [0, 0.1) is 17.0 Å². The molecule has 0 radical (unpaired) electrons. The lowest BCUT2D eigenvalue weighted by Gasteiger charge is -2.07. The van der Waals surface area contributed by atoms with Crippen molar-refractivity contribution in [3.8, 4) is 10.4 Å². The molecule has 0 bridgehead atoms. The van der Waals surface area contributed by atoms with Crippen LogP contribution in [0.5, 0.6) is 0 Å². The third-order valence-corrected chi connectivity index (χ3v) is 6.16. The maximum atomic E-state index is 13.0. The van der Waals surface area contributed by atoms with Gasteiger partial charge in [0.2, 0.25) is 5.91 Å². The predicted molar refractivity (Wildman–Crippen MR) is 120 cm³/mol. The molecule has 1 amide bonds. The summed E-state index contributed by atoms with van der Waals surface area (Å²) in [6, 6.07) is 15.7. The zero-order valence-corrected chi connectivity index (χ0v) is 17.4. The number of anilines is 1. The quantitative estimate of drug-likeness (QED) is 0.358. The van der Waals surface area contributed by atoms with E-state index >= 15 is 0 Å². The van der Waals surface area contributed by atoms with E-state index in [1.165, 1.54) is 40.4 Å². The number of para-hydroxylation sites is 2. The van der Waals surface area contributed by atoms with Crippen molar-refractivity contribution < 1.29 is 9.72 Å². The van der Waals surface area contributed by atoms with Crippen molar-refractivity contribution >= 4 is 38.8 Å². The number of nitro groups is 1. The molecule has 4 aromatic rings. The first-order chi connectivity index (χ1) is 15.0. The van der Waals surface area contributed by atoms with Gasteiger partial charge in [-0.15, -0.1) is 11.3 Å². The van der Waals surface area contributed by atoms with Gasteiger partial charge in [-0.1, -0.05) is 42.5 Å². The van der Waals surface area contributed by atoms with Crippen molar-refractivity contribution in [3.63, 3.8) is 0 Å². The van der Waals surface area contributed by atoms with Gasteiger partial charge < -0.3 is 5.32 Å². The average molecular weight is 434 g/mol. The minimum absolute atomic E-state index is 0.0200. The van der Waals surface area contributed by atoms with Gasteiger partial charge >= 0.3 is 0 Å². The Hall–Kier alpha value is -3.85. The highest BCUT2D eigenvalue weighted by atomic mass is 32.1. The zero-order valence-electron chi connectivity index (χ0n) is 16.6. The summed E-state index contributed by atoms with van der Waals surface area (Å²) in [4.78, 5) is 41.9. The van der Waals surface area contributed by atoms with Crippen LogP contribution in [0.2, 0.25) is 0 Å². The maximum absolute atomic E-state index is 13.0. The third-order valence-electron chi connectivity index (χ3n) is 4.91. The van der Waals surface area contributed by atoms with E-state index in [2.05, 4.69) is 10.3 Å². The van der Waals surface area contributed by atoms with Crippen LogP contribution in [0.3, 0.4) is 0 Å². The van der Waals surface area contributed by atoms with E-state index in [-0.39, 0.29) is 29.9 Å². The molecular weight excluding hydrogens is 416 g/mol. The molecule has 2 aromatic heterocycles. The van der Waals surface area contributed by atoms with E-state index in [0.717, 1.165) is 16.0 Å². The molecule has 0 aliphatic carbocycles. The molecule has 0 aliphatic heterocycles. The highest BCUT2D eigenvalue weighted by Gasteiger charge is 2.17. The van der Waals surface area contributed by atoms with E-state index in [1.807, 2.05) is 37.3 Å². The summed E-state index contributed by atoms with van der Waals surface area (Å²) in [6.07, 6.45) is 1.42. The zero-order chi connectivity index (χ0) is 22.0. The summed E-state index contributed by atoms with van der Waals surface area (Å²) in [5.74, 6) is -0.423. The largest absolute Gasteiger partial charge is 0.320 e. The average Bonchev–Trinajstić information content (AvgIpc) is 3.11. The number of amides is 1. The molecule has 2 heterocycles. The number of aryl methyl sites for hydroxylation is 2. The number of carbonyl (C=O) groups is 1. The van der Waals surface area contributed by atoms with Crippen LogP contribution in [0.25, 0.3) is 20.7 Å². The number of rotatable bonds is 6. The minimum atomic E-state index is -0.554. The molecule has 0 saturated heterocycles. The van der Waals surface area contributed by atoms with Gasteiger partial charge in [-0.2, -0.15) is 0 Å². The number of aromatic nitrogens is 2. The first-order valence-corrected chi connectivity index (χ1v) is 10.3. The van der Waals surface area contributed by atoms with Crippen molar-refractivity contribution in [3.05, 3.63) is 87.0 Å². The van der Waals surface area contributed by atoms with Crippen LogP contribution in [0.1, 0.15) is 12.0 Å². The fraction of sp³-hybridized carbons (Fsp3) is 0.136. The molecule has 4 rings (SSSR count). The second kappa shape index (κ2) is 8.49. The summed E-state index contributed by atoms with van der Waals surface area (Å²) in [7, 11) is 0. The van der Waals surface area contributed by atoms with Crippen LogP contribution >= 0.6 is 11.3 Å². The lowest BCUT2D eigenvalue weighted by Crippen LogP contribution is -2.23. The van der Waals surface area contributed by atoms with Crippen LogP contribution in [0.4, 0.5) is 11.4 Å². The highest BCUT2D eigenvalue weighted by Crippen LogP contribution is 2.35. The predicted octanol–water partition coefficient (Wildman–Crippen LogP) is 4.37. The van der Waals surface area contributed by atoms with Gasteiger partial charge in [0, 0.05) is 23.9 Å². The lowest BCUT2D eigenvalue weighted by molar-refractivity contribution is -0.383. The third kappa shape index (κ3) is 4.08. The second-order valence-electron chi connectivity index (χ2n) is 6.92. The van der Waals surface area contributed by atoms with Gasteiger partial charge in [0.05, 0.1) is 16.6 Å². The van der Waals surface area contributed by atoms with E-state index < -0.39 is 10.8 Å². The standard InChI is InChI=1S/C22H18N4O4S/c1-14-19-21(31-20(14)15-7-3-2-4-8-15)23-13-25(22(19)28)12-11-18(27)24-16-9-5-6-10-17(16)26(29)30/h2-10,13H,11-12H2,1H3,(H,24,27). The Morgan fingerprint density at radius 2 is 1.87 bits per heavy atom. The highest BCUT2D eigenvalue weighted by molar-refractivity contribution is 7.22. The second-order valence-corrected chi connectivity index (χ2v) is 7.92. The summed E-state index contributed by atoms with van der Waals surface area (Å²) in [5, 5.41) is 14.2. The van der Waals surface area contributed by atoms with Crippen molar-refractivity contribution in [1.82, 2.24) is 9.55 Å². The Kier molecular flexibility index (Phi) is 5.59. The molecule has 0 unspecified atom stereocenters. The van der Waals surface area contributed by atoms with E-state index in [0.29, 0.717) is 10.2 Å². The van der Waals surface area contributed by atoms with Gasteiger partial charge in [0.15, 0.2) is 0 Å².